The first-order chi connectivity index (χ1) is 13.0. The molecule has 0 bridgehead atoms. The predicted molar refractivity (Wildman–Crippen MR) is 99.3 cm³/mol. The maximum atomic E-state index is 12.3. The summed E-state index contributed by atoms with van der Waals surface area (Å²) in [6.45, 7) is 2.51. The molecule has 0 saturated carbocycles. The Morgan fingerprint density at radius 1 is 1.30 bits per heavy atom. The van der Waals surface area contributed by atoms with Crippen LogP contribution in [-0.4, -0.2) is 41.4 Å². The third-order valence-corrected chi connectivity index (χ3v) is 4.45. The molecule has 0 fully saturated rings. The minimum Gasteiger partial charge on any atom is -0.490 e. The molecule has 0 amide bonds. The average molecular weight is 391 g/mol. The van der Waals surface area contributed by atoms with Crippen LogP contribution < -0.4 is 9.47 Å². The van der Waals surface area contributed by atoms with Crippen molar-refractivity contribution in [3.63, 3.8) is 0 Å². The second kappa shape index (κ2) is 8.26. The summed E-state index contributed by atoms with van der Waals surface area (Å²) < 4.78 is 17.6. The number of hydrogen-bond donors (Lipinski definition) is 0. The van der Waals surface area contributed by atoms with Gasteiger partial charge in [0.2, 0.25) is 0 Å². The molecule has 0 spiro atoms. The van der Waals surface area contributed by atoms with Gasteiger partial charge in [0.15, 0.2) is 23.9 Å². The zero-order chi connectivity index (χ0) is 19.4. The number of ether oxygens (including phenoxy) is 3. The first-order valence-corrected chi connectivity index (χ1v) is 8.80. The number of hydrogen-bond acceptors (Lipinski definition) is 6. The summed E-state index contributed by atoms with van der Waals surface area (Å²) in [6.07, 6.45) is 3.52. The third kappa shape index (κ3) is 4.49. The first-order valence-electron chi connectivity index (χ1n) is 8.42. The lowest BCUT2D eigenvalue weighted by Gasteiger charge is -2.08. The standard InChI is InChI=1S/C19H19ClN2O5/c1-12-14(19(20)22(2)21-12)5-7-18(24)27-11-15(23)13-4-6-16-17(10-13)26-9-3-8-25-16/h4-7,10H,3,8-9,11H2,1-2H3/b7-5+. The molecule has 0 N–H and O–H groups in total. The van der Waals surface area contributed by atoms with Crippen molar-refractivity contribution in [2.75, 3.05) is 19.8 Å². The van der Waals surface area contributed by atoms with Crippen LogP contribution in [-0.2, 0) is 16.6 Å². The van der Waals surface area contributed by atoms with Crippen LogP contribution in [0.1, 0.15) is 28.0 Å². The Hall–Kier alpha value is -2.80. The predicted octanol–water partition coefficient (Wildman–Crippen LogP) is 2.98. The number of carbonyl (C=O) groups is 2. The van der Waals surface area contributed by atoms with Crippen molar-refractivity contribution in [2.24, 2.45) is 7.05 Å². The molecule has 7 nitrogen and oxygen atoms in total. The number of halogens is 1. The molecule has 27 heavy (non-hydrogen) atoms. The van der Waals surface area contributed by atoms with Gasteiger partial charge in [-0.25, -0.2) is 4.79 Å². The van der Waals surface area contributed by atoms with Gasteiger partial charge in [-0.1, -0.05) is 11.6 Å². The van der Waals surface area contributed by atoms with Crippen LogP contribution in [0.25, 0.3) is 6.08 Å². The Morgan fingerprint density at radius 3 is 2.74 bits per heavy atom. The van der Waals surface area contributed by atoms with Crippen LogP contribution in [0.15, 0.2) is 24.3 Å². The van der Waals surface area contributed by atoms with E-state index in [1.165, 1.54) is 16.8 Å². The highest BCUT2D eigenvalue weighted by Crippen LogP contribution is 2.30. The van der Waals surface area contributed by atoms with Gasteiger partial charge in [0.1, 0.15) is 5.15 Å². The van der Waals surface area contributed by atoms with Gasteiger partial charge in [0.25, 0.3) is 0 Å². The summed E-state index contributed by atoms with van der Waals surface area (Å²) in [7, 11) is 1.71. The molecule has 0 unspecified atom stereocenters. The number of aryl methyl sites for hydroxylation is 2. The number of aromatic nitrogens is 2. The van der Waals surface area contributed by atoms with Gasteiger partial charge in [-0.15, -0.1) is 0 Å². The fourth-order valence-corrected chi connectivity index (χ4v) is 2.83. The van der Waals surface area contributed by atoms with E-state index < -0.39 is 5.97 Å². The zero-order valence-corrected chi connectivity index (χ0v) is 15.8. The summed E-state index contributed by atoms with van der Waals surface area (Å²) in [4.78, 5) is 24.2. The number of rotatable bonds is 5. The minimum absolute atomic E-state index is 0.331. The summed E-state index contributed by atoms with van der Waals surface area (Å²) in [5, 5.41) is 4.57. The van der Waals surface area contributed by atoms with E-state index in [2.05, 4.69) is 5.10 Å². The van der Waals surface area contributed by atoms with E-state index in [4.69, 9.17) is 25.8 Å². The second-order valence-electron chi connectivity index (χ2n) is 5.99. The number of Topliss-reactive ketones (excluding diaryl/α,β-unsaturated/α-hetero) is 1. The van der Waals surface area contributed by atoms with Gasteiger partial charge < -0.3 is 14.2 Å². The Kier molecular flexibility index (Phi) is 5.81. The first kappa shape index (κ1) is 19.0. The molecule has 8 heteroatoms. The van der Waals surface area contributed by atoms with Gasteiger partial charge >= 0.3 is 5.97 Å². The lowest BCUT2D eigenvalue weighted by molar-refractivity contribution is -0.136. The number of fused-ring (bicyclic) bond motifs is 1. The number of esters is 1. The molecular weight excluding hydrogens is 372 g/mol. The summed E-state index contributed by atoms with van der Waals surface area (Å²) in [5.41, 5.74) is 1.71. The Balaban J connectivity index is 1.59. The second-order valence-corrected chi connectivity index (χ2v) is 6.35. The number of carbonyl (C=O) groups excluding carboxylic acids is 2. The molecule has 2 heterocycles. The van der Waals surface area contributed by atoms with E-state index in [-0.39, 0.29) is 12.4 Å². The SMILES string of the molecule is Cc1nn(C)c(Cl)c1/C=C/C(=O)OCC(=O)c1ccc2c(c1)OCCCO2. The summed E-state index contributed by atoms with van der Waals surface area (Å²) >= 11 is 6.10. The minimum atomic E-state index is -0.642. The van der Waals surface area contributed by atoms with Crippen molar-refractivity contribution in [1.29, 1.82) is 0 Å². The van der Waals surface area contributed by atoms with Crippen molar-refractivity contribution >= 4 is 29.4 Å². The van der Waals surface area contributed by atoms with Gasteiger partial charge in [-0.2, -0.15) is 5.10 Å². The molecule has 0 atom stereocenters. The van der Waals surface area contributed by atoms with E-state index in [1.807, 2.05) is 0 Å². The maximum absolute atomic E-state index is 12.3. The molecule has 1 aliphatic heterocycles. The van der Waals surface area contributed by atoms with Crippen molar-refractivity contribution < 1.29 is 23.8 Å². The molecule has 1 aliphatic rings. The molecule has 0 saturated heterocycles. The lowest BCUT2D eigenvalue weighted by Crippen LogP contribution is -2.12. The smallest absolute Gasteiger partial charge is 0.331 e. The van der Waals surface area contributed by atoms with E-state index in [1.54, 1.807) is 32.2 Å². The van der Waals surface area contributed by atoms with E-state index >= 15 is 0 Å². The third-order valence-electron chi connectivity index (χ3n) is 4.00. The van der Waals surface area contributed by atoms with Gasteiger partial charge in [0.05, 0.1) is 18.9 Å². The Bertz CT molecular complexity index is 904. The highest BCUT2D eigenvalue weighted by atomic mass is 35.5. The average Bonchev–Trinajstić information content (AvgIpc) is 2.83. The van der Waals surface area contributed by atoms with Crippen LogP contribution in [0.3, 0.4) is 0 Å². The highest BCUT2D eigenvalue weighted by Gasteiger charge is 2.15. The Morgan fingerprint density at radius 2 is 2.04 bits per heavy atom. The van der Waals surface area contributed by atoms with Crippen LogP contribution >= 0.6 is 11.6 Å². The molecule has 2 aromatic rings. The highest BCUT2D eigenvalue weighted by molar-refractivity contribution is 6.31. The van der Waals surface area contributed by atoms with Gasteiger partial charge in [0, 0.05) is 30.7 Å². The molecular formula is C19H19ClN2O5. The molecule has 3 rings (SSSR count). The van der Waals surface area contributed by atoms with Crippen LogP contribution in [0, 0.1) is 6.92 Å². The van der Waals surface area contributed by atoms with Crippen molar-refractivity contribution in [3.05, 3.63) is 46.2 Å². The quantitative estimate of drug-likeness (QED) is 0.443. The number of ketones is 1. The normalized spacial score (nSPS) is 13.4. The van der Waals surface area contributed by atoms with Gasteiger partial charge in [-0.3, -0.25) is 9.48 Å². The van der Waals surface area contributed by atoms with E-state index in [0.29, 0.717) is 46.7 Å². The molecule has 0 radical (unpaired) electrons. The molecule has 0 aliphatic carbocycles. The fourth-order valence-electron chi connectivity index (χ4n) is 2.59. The monoisotopic (exact) mass is 390 g/mol. The Labute approximate surface area is 161 Å². The summed E-state index contributed by atoms with van der Waals surface area (Å²) in [5.74, 6) is 0.152. The largest absolute Gasteiger partial charge is 0.490 e. The van der Waals surface area contributed by atoms with Crippen LogP contribution in [0.2, 0.25) is 5.15 Å². The van der Waals surface area contributed by atoms with Crippen molar-refractivity contribution in [1.82, 2.24) is 9.78 Å². The van der Waals surface area contributed by atoms with Crippen molar-refractivity contribution in [3.8, 4) is 11.5 Å². The molecule has 1 aromatic carbocycles. The van der Waals surface area contributed by atoms with Crippen molar-refractivity contribution in [2.45, 2.75) is 13.3 Å². The van der Waals surface area contributed by atoms with Crippen LogP contribution in [0.5, 0.6) is 11.5 Å². The lowest BCUT2D eigenvalue weighted by atomic mass is 10.1. The fraction of sp³-hybridized carbons (Fsp3) is 0.316. The van der Waals surface area contributed by atoms with E-state index in [9.17, 15) is 9.59 Å². The zero-order valence-electron chi connectivity index (χ0n) is 15.0. The number of benzene rings is 1. The number of nitrogens with zero attached hydrogens (tertiary/aromatic N) is 2. The maximum Gasteiger partial charge on any atom is 0.331 e. The topological polar surface area (TPSA) is 79.7 Å². The molecule has 142 valence electrons. The van der Waals surface area contributed by atoms with Crippen LogP contribution in [0.4, 0.5) is 0 Å². The summed E-state index contributed by atoms with van der Waals surface area (Å²) in [6, 6.07) is 4.91. The van der Waals surface area contributed by atoms with E-state index in [0.717, 1.165) is 6.42 Å². The van der Waals surface area contributed by atoms with Gasteiger partial charge in [-0.05, 0) is 31.2 Å². The molecule has 1 aromatic heterocycles.